The number of rotatable bonds is 1. The van der Waals surface area contributed by atoms with Crippen LogP contribution in [-0.2, 0) is 7.05 Å². The average Bonchev–Trinajstić information content (AvgIpc) is 2.41. The zero-order chi connectivity index (χ0) is 10.3. The van der Waals surface area contributed by atoms with Crippen molar-refractivity contribution >= 4 is 32.9 Å². The van der Waals surface area contributed by atoms with E-state index >= 15 is 0 Å². The lowest BCUT2D eigenvalue weighted by atomic mass is 10.3. The Morgan fingerprint density at radius 1 is 1.64 bits per heavy atom. The first-order valence-electron chi connectivity index (χ1n) is 3.95. The number of hydrogen-bond acceptors (Lipinski definition) is 2. The molecule has 0 aliphatic rings. The van der Waals surface area contributed by atoms with Gasteiger partial charge in [-0.2, -0.15) is 0 Å². The number of aromatic nitrogens is 2. The van der Waals surface area contributed by atoms with Gasteiger partial charge in [-0.25, -0.2) is 9.78 Å². The van der Waals surface area contributed by atoms with Crippen LogP contribution in [0.4, 0.5) is 0 Å². The van der Waals surface area contributed by atoms with Gasteiger partial charge in [0.1, 0.15) is 11.3 Å². The summed E-state index contributed by atoms with van der Waals surface area (Å²) in [6, 6.07) is 3.61. The van der Waals surface area contributed by atoms with E-state index in [-0.39, 0.29) is 5.69 Å². The van der Waals surface area contributed by atoms with Crippen LogP contribution in [0, 0.1) is 0 Å². The summed E-state index contributed by atoms with van der Waals surface area (Å²) in [5.74, 6) is -0.961. The van der Waals surface area contributed by atoms with Crippen molar-refractivity contribution in [3.8, 4) is 0 Å². The van der Waals surface area contributed by atoms with Crippen LogP contribution < -0.4 is 0 Å². The number of aryl methyl sites for hydroxylation is 1. The molecule has 0 aliphatic heterocycles. The van der Waals surface area contributed by atoms with Crippen molar-refractivity contribution in [1.82, 2.24) is 9.55 Å². The Balaban J connectivity index is 2.92. The minimum Gasteiger partial charge on any atom is -0.477 e. The van der Waals surface area contributed by atoms with Gasteiger partial charge in [0.25, 0.3) is 0 Å². The zero-order valence-electron chi connectivity index (χ0n) is 7.36. The van der Waals surface area contributed by atoms with Gasteiger partial charge in [0.2, 0.25) is 0 Å². The molecular formula is C9H7BrN2O2. The molecule has 0 atom stereocenters. The smallest absolute Gasteiger partial charge is 0.353 e. The molecule has 0 aromatic carbocycles. The molecule has 2 heterocycles. The molecule has 0 aliphatic carbocycles. The summed E-state index contributed by atoms with van der Waals surface area (Å²) >= 11 is 3.26. The molecule has 4 nitrogen and oxygen atoms in total. The highest BCUT2D eigenvalue weighted by Crippen LogP contribution is 2.28. The van der Waals surface area contributed by atoms with Gasteiger partial charge in [-0.3, -0.25) is 0 Å². The molecule has 2 rings (SSSR count). The van der Waals surface area contributed by atoms with Crippen molar-refractivity contribution in [2.75, 3.05) is 0 Å². The van der Waals surface area contributed by atoms with E-state index in [1.54, 1.807) is 23.9 Å². The Labute approximate surface area is 88.3 Å². The van der Waals surface area contributed by atoms with E-state index in [1.807, 2.05) is 6.07 Å². The second kappa shape index (κ2) is 3.09. The first-order chi connectivity index (χ1) is 6.63. The SMILES string of the molecule is Cn1c(C(=O)O)c(Br)c2cccnc21. The third kappa shape index (κ3) is 1.13. The highest BCUT2D eigenvalue weighted by Gasteiger charge is 2.18. The van der Waals surface area contributed by atoms with Crippen molar-refractivity contribution in [2.24, 2.45) is 7.05 Å². The molecular weight excluding hydrogens is 248 g/mol. The summed E-state index contributed by atoms with van der Waals surface area (Å²) in [5, 5.41) is 9.78. The number of hydrogen-bond donors (Lipinski definition) is 1. The van der Waals surface area contributed by atoms with E-state index in [4.69, 9.17) is 5.11 Å². The fourth-order valence-electron chi connectivity index (χ4n) is 1.45. The lowest BCUT2D eigenvalue weighted by Crippen LogP contribution is -2.05. The van der Waals surface area contributed by atoms with E-state index in [2.05, 4.69) is 20.9 Å². The second-order valence-electron chi connectivity index (χ2n) is 2.90. The summed E-state index contributed by atoms with van der Waals surface area (Å²) in [6.45, 7) is 0. The summed E-state index contributed by atoms with van der Waals surface area (Å²) in [6.07, 6.45) is 1.64. The Morgan fingerprint density at radius 2 is 2.36 bits per heavy atom. The molecule has 0 fully saturated rings. The van der Waals surface area contributed by atoms with Crippen LogP contribution in [0.5, 0.6) is 0 Å². The van der Waals surface area contributed by atoms with Crippen molar-refractivity contribution in [2.45, 2.75) is 0 Å². The quantitative estimate of drug-likeness (QED) is 0.848. The van der Waals surface area contributed by atoms with Crippen LogP contribution in [0.15, 0.2) is 22.8 Å². The zero-order valence-corrected chi connectivity index (χ0v) is 8.95. The Kier molecular flexibility index (Phi) is 2.03. The molecule has 0 saturated heterocycles. The minimum atomic E-state index is -0.961. The summed E-state index contributed by atoms with van der Waals surface area (Å²) in [7, 11) is 1.68. The molecule has 0 radical (unpaired) electrons. The van der Waals surface area contributed by atoms with Crippen molar-refractivity contribution in [3.63, 3.8) is 0 Å². The number of nitrogens with zero attached hydrogens (tertiary/aromatic N) is 2. The fourth-order valence-corrected chi connectivity index (χ4v) is 2.20. The third-order valence-corrected chi connectivity index (χ3v) is 2.89. The molecule has 0 bridgehead atoms. The number of carboxylic acid groups (broad SMARTS) is 1. The molecule has 2 aromatic rings. The average molecular weight is 255 g/mol. The summed E-state index contributed by atoms with van der Waals surface area (Å²) in [4.78, 5) is 15.0. The van der Waals surface area contributed by atoms with Gasteiger partial charge in [-0.1, -0.05) is 0 Å². The van der Waals surface area contributed by atoms with E-state index in [0.717, 1.165) is 5.39 Å². The van der Waals surface area contributed by atoms with Crippen molar-refractivity contribution in [1.29, 1.82) is 0 Å². The molecule has 72 valence electrons. The number of fused-ring (bicyclic) bond motifs is 1. The second-order valence-corrected chi connectivity index (χ2v) is 3.69. The standard InChI is InChI=1S/C9H7BrN2O2/c1-12-7(9(13)14)6(10)5-3-2-4-11-8(5)12/h2-4H,1H3,(H,13,14). The number of halogens is 1. The predicted octanol–water partition coefficient (Wildman–Crippen LogP) is 2.03. The van der Waals surface area contributed by atoms with Gasteiger partial charge in [0, 0.05) is 18.6 Å². The van der Waals surface area contributed by atoms with Crippen molar-refractivity contribution < 1.29 is 9.90 Å². The van der Waals surface area contributed by atoms with Crippen LogP contribution in [0.1, 0.15) is 10.5 Å². The van der Waals surface area contributed by atoms with E-state index in [9.17, 15) is 4.79 Å². The minimum absolute atomic E-state index is 0.221. The lowest BCUT2D eigenvalue weighted by molar-refractivity contribution is 0.0686. The maximum atomic E-state index is 10.9. The van der Waals surface area contributed by atoms with Crippen LogP contribution in [-0.4, -0.2) is 20.6 Å². The van der Waals surface area contributed by atoms with Gasteiger partial charge in [0.15, 0.2) is 0 Å². The highest BCUT2D eigenvalue weighted by atomic mass is 79.9. The Morgan fingerprint density at radius 3 is 2.93 bits per heavy atom. The molecule has 0 unspecified atom stereocenters. The first-order valence-corrected chi connectivity index (χ1v) is 4.74. The summed E-state index contributed by atoms with van der Waals surface area (Å²) < 4.78 is 2.14. The molecule has 1 N–H and O–H groups in total. The molecule has 5 heteroatoms. The van der Waals surface area contributed by atoms with Crippen LogP contribution in [0.3, 0.4) is 0 Å². The van der Waals surface area contributed by atoms with E-state index in [0.29, 0.717) is 10.1 Å². The van der Waals surface area contributed by atoms with Crippen molar-refractivity contribution in [3.05, 3.63) is 28.5 Å². The van der Waals surface area contributed by atoms with Gasteiger partial charge in [-0.05, 0) is 28.1 Å². The summed E-state index contributed by atoms with van der Waals surface area (Å²) in [5.41, 5.74) is 0.885. The molecule has 0 saturated carbocycles. The van der Waals surface area contributed by atoms with Gasteiger partial charge < -0.3 is 9.67 Å². The maximum absolute atomic E-state index is 10.9. The van der Waals surface area contributed by atoms with Gasteiger partial charge in [0.05, 0.1) is 4.47 Å². The number of pyridine rings is 1. The maximum Gasteiger partial charge on any atom is 0.353 e. The third-order valence-electron chi connectivity index (χ3n) is 2.09. The van der Waals surface area contributed by atoms with Crippen LogP contribution >= 0.6 is 15.9 Å². The Hall–Kier alpha value is -1.36. The lowest BCUT2D eigenvalue weighted by Gasteiger charge is -1.97. The predicted molar refractivity (Wildman–Crippen MR) is 55.4 cm³/mol. The normalized spacial score (nSPS) is 10.7. The van der Waals surface area contributed by atoms with Gasteiger partial charge in [-0.15, -0.1) is 0 Å². The van der Waals surface area contributed by atoms with Gasteiger partial charge >= 0.3 is 5.97 Å². The highest BCUT2D eigenvalue weighted by molar-refractivity contribution is 9.10. The number of aromatic carboxylic acids is 1. The largest absolute Gasteiger partial charge is 0.477 e. The topological polar surface area (TPSA) is 55.1 Å². The van der Waals surface area contributed by atoms with E-state index < -0.39 is 5.97 Å². The van der Waals surface area contributed by atoms with Crippen LogP contribution in [0.25, 0.3) is 11.0 Å². The Bertz CT molecular complexity index is 480. The number of carboxylic acids is 1. The molecule has 2 aromatic heterocycles. The molecule has 0 amide bonds. The fraction of sp³-hybridized carbons (Fsp3) is 0.111. The van der Waals surface area contributed by atoms with Crippen LogP contribution in [0.2, 0.25) is 0 Å². The number of carbonyl (C=O) groups is 1. The molecule has 14 heavy (non-hydrogen) atoms. The monoisotopic (exact) mass is 254 g/mol. The first kappa shape index (κ1) is 9.21. The molecule has 0 spiro atoms. The van der Waals surface area contributed by atoms with E-state index in [1.165, 1.54) is 0 Å².